The summed E-state index contributed by atoms with van der Waals surface area (Å²) >= 11 is 6.13. The van der Waals surface area contributed by atoms with E-state index in [-0.39, 0.29) is 22.9 Å². The summed E-state index contributed by atoms with van der Waals surface area (Å²) in [6.07, 6.45) is 9.92. The molecule has 1 saturated carbocycles. The van der Waals surface area contributed by atoms with Gasteiger partial charge in [-0.2, -0.15) is 4.31 Å². The van der Waals surface area contributed by atoms with Crippen LogP contribution in [0.2, 0.25) is 5.02 Å². The van der Waals surface area contributed by atoms with E-state index in [1.54, 1.807) is 25.1 Å². The predicted molar refractivity (Wildman–Crippen MR) is 120 cm³/mol. The molecule has 2 N–H and O–H groups in total. The monoisotopic (exact) mass is 455 g/mol. The number of halogens is 1. The van der Waals surface area contributed by atoms with Gasteiger partial charge in [-0.3, -0.25) is 0 Å². The Kier molecular flexibility index (Phi) is 8.43. The highest BCUT2D eigenvalue weighted by Crippen LogP contribution is 2.28. The van der Waals surface area contributed by atoms with Crippen molar-refractivity contribution >= 4 is 27.7 Å². The quantitative estimate of drug-likeness (QED) is 0.687. The molecule has 1 aliphatic heterocycles. The van der Waals surface area contributed by atoms with Gasteiger partial charge in [-0.15, -0.1) is 0 Å². The van der Waals surface area contributed by atoms with E-state index in [0.29, 0.717) is 30.2 Å². The number of urea groups is 1. The first-order valence-electron chi connectivity index (χ1n) is 11.2. The molecule has 0 radical (unpaired) electrons. The van der Waals surface area contributed by atoms with Crippen molar-refractivity contribution in [1.82, 2.24) is 14.9 Å². The molecule has 1 heterocycles. The lowest BCUT2D eigenvalue weighted by Gasteiger charge is -2.32. The molecule has 1 aliphatic carbocycles. The van der Waals surface area contributed by atoms with E-state index >= 15 is 0 Å². The number of hydrogen-bond donors (Lipinski definition) is 2. The molecule has 1 aromatic rings. The van der Waals surface area contributed by atoms with E-state index < -0.39 is 10.0 Å². The van der Waals surface area contributed by atoms with Crippen molar-refractivity contribution in [3.05, 3.63) is 28.8 Å². The van der Waals surface area contributed by atoms with Crippen molar-refractivity contribution in [1.29, 1.82) is 0 Å². The second-order valence-electron chi connectivity index (χ2n) is 8.63. The van der Waals surface area contributed by atoms with Gasteiger partial charge in [0.1, 0.15) is 0 Å². The van der Waals surface area contributed by atoms with Crippen LogP contribution in [0.15, 0.2) is 23.1 Å². The van der Waals surface area contributed by atoms with E-state index in [1.165, 1.54) is 36.4 Å². The first kappa shape index (κ1) is 23.4. The van der Waals surface area contributed by atoms with Crippen molar-refractivity contribution in [2.45, 2.75) is 75.6 Å². The predicted octanol–water partition coefficient (Wildman–Crippen LogP) is 4.46. The Morgan fingerprint density at radius 1 is 1.10 bits per heavy atom. The summed E-state index contributed by atoms with van der Waals surface area (Å²) in [5, 5.41) is 6.54. The molecule has 2 amide bonds. The number of amides is 2. The summed E-state index contributed by atoms with van der Waals surface area (Å²) in [6.45, 7) is 3.13. The lowest BCUT2D eigenvalue weighted by atomic mass is 9.97. The highest BCUT2D eigenvalue weighted by Gasteiger charge is 2.31. The summed E-state index contributed by atoms with van der Waals surface area (Å²) in [5.74, 6) is 0.107. The molecule has 1 unspecified atom stereocenters. The highest BCUT2D eigenvalue weighted by molar-refractivity contribution is 7.89. The average Bonchev–Trinajstić information content (AvgIpc) is 2.70. The van der Waals surface area contributed by atoms with Crippen LogP contribution in [0.1, 0.15) is 63.4 Å². The molecule has 3 rings (SSSR count). The molecular formula is C22H34ClN3O3S. The first-order valence-corrected chi connectivity index (χ1v) is 13.0. The van der Waals surface area contributed by atoms with Crippen LogP contribution in [-0.4, -0.2) is 44.4 Å². The first-order chi connectivity index (χ1) is 14.4. The fraction of sp³-hybridized carbons (Fsp3) is 0.682. The molecule has 0 bridgehead atoms. The topological polar surface area (TPSA) is 78.5 Å². The molecule has 1 saturated heterocycles. The molecule has 0 spiro atoms. The van der Waals surface area contributed by atoms with Gasteiger partial charge < -0.3 is 10.6 Å². The Morgan fingerprint density at radius 2 is 1.80 bits per heavy atom. The van der Waals surface area contributed by atoms with E-state index in [4.69, 9.17) is 11.6 Å². The molecule has 0 aromatic heterocycles. The lowest BCUT2D eigenvalue weighted by Crippen LogP contribution is -2.47. The van der Waals surface area contributed by atoms with E-state index in [2.05, 4.69) is 10.6 Å². The standard InChI is InChI=1S/C22H34ClN3O3S/c1-17-20(23)12-7-13-21(17)30(28,29)26-14-8-9-18(16-26)15-24-22(27)25-19-10-5-3-2-4-6-11-19/h7,12-13,18-19H,2-6,8-11,14-16H2,1H3,(H2,24,25,27). The number of hydrogen-bond acceptors (Lipinski definition) is 3. The van der Waals surface area contributed by atoms with Gasteiger partial charge in [0, 0.05) is 30.7 Å². The smallest absolute Gasteiger partial charge is 0.315 e. The van der Waals surface area contributed by atoms with Gasteiger partial charge in [-0.25, -0.2) is 13.2 Å². The zero-order valence-electron chi connectivity index (χ0n) is 17.8. The number of rotatable bonds is 5. The number of benzene rings is 1. The third-order valence-electron chi connectivity index (χ3n) is 6.31. The van der Waals surface area contributed by atoms with Gasteiger partial charge in [0.15, 0.2) is 0 Å². The van der Waals surface area contributed by atoms with Crippen molar-refractivity contribution in [3.63, 3.8) is 0 Å². The van der Waals surface area contributed by atoms with E-state index in [9.17, 15) is 13.2 Å². The molecule has 168 valence electrons. The SMILES string of the molecule is Cc1c(Cl)cccc1S(=O)(=O)N1CCCC(CNC(=O)NC2CCCCCCC2)C1. The third-order valence-corrected chi connectivity index (χ3v) is 8.73. The second kappa shape index (κ2) is 10.8. The van der Waals surface area contributed by atoms with Crippen LogP contribution >= 0.6 is 11.6 Å². The third kappa shape index (κ3) is 6.11. The van der Waals surface area contributed by atoms with Gasteiger partial charge in [-0.1, -0.05) is 49.8 Å². The van der Waals surface area contributed by atoms with Crippen molar-refractivity contribution in [2.75, 3.05) is 19.6 Å². The highest BCUT2D eigenvalue weighted by atomic mass is 35.5. The second-order valence-corrected chi connectivity index (χ2v) is 10.9. The number of nitrogens with zero attached hydrogens (tertiary/aromatic N) is 1. The maximum absolute atomic E-state index is 13.1. The molecular weight excluding hydrogens is 422 g/mol. The lowest BCUT2D eigenvalue weighted by molar-refractivity contribution is 0.224. The Morgan fingerprint density at radius 3 is 2.53 bits per heavy atom. The summed E-state index contributed by atoms with van der Waals surface area (Å²) in [5.41, 5.74) is 0.581. The zero-order chi connectivity index (χ0) is 21.6. The van der Waals surface area contributed by atoms with Gasteiger partial charge in [-0.05, 0) is 56.2 Å². The van der Waals surface area contributed by atoms with Crippen LogP contribution in [0.3, 0.4) is 0 Å². The number of carbonyl (C=O) groups excluding carboxylic acids is 1. The number of piperidine rings is 1. The van der Waals surface area contributed by atoms with Gasteiger partial charge in [0.25, 0.3) is 0 Å². The molecule has 30 heavy (non-hydrogen) atoms. The number of nitrogens with one attached hydrogen (secondary N) is 2. The minimum absolute atomic E-state index is 0.107. The number of carbonyl (C=O) groups is 1. The van der Waals surface area contributed by atoms with E-state index in [0.717, 1.165) is 25.7 Å². The minimum Gasteiger partial charge on any atom is -0.338 e. The van der Waals surface area contributed by atoms with Crippen LogP contribution in [0.5, 0.6) is 0 Å². The summed E-state index contributed by atoms with van der Waals surface area (Å²) in [4.78, 5) is 12.6. The fourth-order valence-corrected chi connectivity index (χ4v) is 6.52. The van der Waals surface area contributed by atoms with E-state index in [1.807, 2.05) is 0 Å². The van der Waals surface area contributed by atoms with Crippen LogP contribution in [0, 0.1) is 12.8 Å². The van der Waals surface area contributed by atoms with Crippen molar-refractivity contribution in [3.8, 4) is 0 Å². The molecule has 2 fully saturated rings. The zero-order valence-corrected chi connectivity index (χ0v) is 19.4. The number of sulfonamides is 1. The van der Waals surface area contributed by atoms with Gasteiger partial charge in [0.05, 0.1) is 4.90 Å². The Labute approximate surface area is 185 Å². The van der Waals surface area contributed by atoms with Crippen molar-refractivity contribution < 1.29 is 13.2 Å². The molecule has 1 aromatic carbocycles. The van der Waals surface area contributed by atoms with Gasteiger partial charge >= 0.3 is 6.03 Å². The van der Waals surface area contributed by atoms with Crippen LogP contribution < -0.4 is 10.6 Å². The normalized spacial score (nSPS) is 22.1. The maximum atomic E-state index is 13.1. The Balaban J connectivity index is 1.53. The van der Waals surface area contributed by atoms with Crippen LogP contribution in [0.25, 0.3) is 0 Å². The maximum Gasteiger partial charge on any atom is 0.315 e. The summed E-state index contributed by atoms with van der Waals surface area (Å²) in [6, 6.07) is 5.10. The molecule has 1 atom stereocenters. The fourth-order valence-electron chi connectivity index (χ4n) is 4.49. The Hall–Kier alpha value is -1.31. The minimum atomic E-state index is -3.60. The van der Waals surface area contributed by atoms with Crippen LogP contribution in [-0.2, 0) is 10.0 Å². The summed E-state index contributed by atoms with van der Waals surface area (Å²) in [7, 11) is -3.60. The van der Waals surface area contributed by atoms with Crippen molar-refractivity contribution in [2.24, 2.45) is 5.92 Å². The molecule has 8 heteroatoms. The van der Waals surface area contributed by atoms with Gasteiger partial charge in [0.2, 0.25) is 10.0 Å². The molecule has 6 nitrogen and oxygen atoms in total. The Bertz CT molecular complexity index is 823. The largest absolute Gasteiger partial charge is 0.338 e. The summed E-state index contributed by atoms with van der Waals surface area (Å²) < 4.78 is 27.8. The van der Waals surface area contributed by atoms with Crippen LogP contribution in [0.4, 0.5) is 4.79 Å². The average molecular weight is 456 g/mol. The molecule has 2 aliphatic rings.